The number of ether oxygens (including phenoxy) is 1. The van der Waals surface area contributed by atoms with Crippen LogP contribution in [0.25, 0.3) is 0 Å². The standard InChI is InChI=1S/C8H11N3O4/c1-4-15-8(12)6-7(11(13)14)5(2)10(3)9-6/h4H2,1-3H3. The molecule has 1 rings (SSSR count). The van der Waals surface area contributed by atoms with E-state index in [4.69, 9.17) is 0 Å². The van der Waals surface area contributed by atoms with Gasteiger partial charge in [-0.1, -0.05) is 0 Å². The summed E-state index contributed by atoms with van der Waals surface area (Å²) in [6.45, 7) is 3.30. The predicted octanol–water partition coefficient (Wildman–Crippen LogP) is 0.813. The molecule has 0 atom stereocenters. The molecule has 0 radical (unpaired) electrons. The van der Waals surface area contributed by atoms with Gasteiger partial charge in [-0.25, -0.2) is 4.79 Å². The molecule has 0 unspecified atom stereocenters. The Hall–Kier alpha value is -1.92. The average molecular weight is 213 g/mol. The van der Waals surface area contributed by atoms with Crippen molar-refractivity contribution in [1.82, 2.24) is 9.78 Å². The second-order valence-electron chi connectivity index (χ2n) is 2.88. The number of rotatable bonds is 3. The van der Waals surface area contributed by atoms with E-state index in [-0.39, 0.29) is 18.0 Å². The van der Waals surface area contributed by atoms with Crippen LogP contribution < -0.4 is 0 Å². The largest absolute Gasteiger partial charge is 0.461 e. The van der Waals surface area contributed by atoms with Crippen LogP contribution >= 0.6 is 0 Å². The molecule has 0 N–H and O–H groups in total. The zero-order valence-electron chi connectivity index (χ0n) is 8.68. The van der Waals surface area contributed by atoms with Gasteiger partial charge in [0.05, 0.1) is 11.5 Å². The zero-order chi connectivity index (χ0) is 11.6. The molecule has 7 heteroatoms. The van der Waals surface area contributed by atoms with Gasteiger partial charge in [0.25, 0.3) is 0 Å². The molecule has 0 spiro atoms. The minimum absolute atomic E-state index is 0.158. The van der Waals surface area contributed by atoms with Gasteiger partial charge in [0.15, 0.2) is 0 Å². The third kappa shape index (κ3) is 1.95. The summed E-state index contributed by atoms with van der Waals surface area (Å²) in [5.41, 5.74) is -0.221. The molecule has 1 aromatic rings. The summed E-state index contributed by atoms with van der Waals surface area (Å²) < 4.78 is 5.95. The summed E-state index contributed by atoms with van der Waals surface area (Å²) in [6.07, 6.45) is 0. The first-order valence-corrected chi connectivity index (χ1v) is 4.34. The van der Waals surface area contributed by atoms with E-state index < -0.39 is 10.9 Å². The summed E-state index contributed by atoms with van der Waals surface area (Å²) in [7, 11) is 1.53. The second-order valence-corrected chi connectivity index (χ2v) is 2.88. The number of nitro groups is 1. The van der Waals surface area contributed by atoms with Crippen LogP contribution in [0.5, 0.6) is 0 Å². The quantitative estimate of drug-likeness (QED) is 0.421. The maximum atomic E-state index is 11.3. The number of hydrogen-bond donors (Lipinski definition) is 0. The summed E-state index contributed by atoms with van der Waals surface area (Å²) in [6, 6.07) is 0. The summed E-state index contributed by atoms with van der Waals surface area (Å²) >= 11 is 0. The monoisotopic (exact) mass is 213 g/mol. The van der Waals surface area contributed by atoms with E-state index >= 15 is 0 Å². The number of nitrogens with zero attached hydrogens (tertiary/aromatic N) is 3. The highest BCUT2D eigenvalue weighted by Gasteiger charge is 2.29. The highest BCUT2D eigenvalue weighted by Crippen LogP contribution is 2.22. The van der Waals surface area contributed by atoms with Gasteiger partial charge in [-0.05, 0) is 13.8 Å². The van der Waals surface area contributed by atoms with Crippen molar-refractivity contribution in [1.29, 1.82) is 0 Å². The van der Waals surface area contributed by atoms with E-state index in [0.717, 1.165) is 0 Å². The average Bonchev–Trinajstić information content (AvgIpc) is 2.44. The minimum atomic E-state index is -0.770. The number of aryl methyl sites for hydroxylation is 1. The number of aromatic nitrogens is 2. The lowest BCUT2D eigenvalue weighted by Gasteiger charge is -1.96. The van der Waals surface area contributed by atoms with E-state index in [1.165, 1.54) is 18.7 Å². The van der Waals surface area contributed by atoms with Crippen molar-refractivity contribution in [2.45, 2.75) is 13.8 Å². The molecule has 0 saturated carbocycles. The molecule has 1 aromatic heterocycles. The first kappa shape index (κ1) is 11.2. The molecule has 0 saturated heterocycles. The second kappa shape index (κ2) is 4.07. The molecular weight excluding hydrogens is 202 g/mol. The Balaban J connectivity index is 3.23. The third-order valence-electron chi connectivity index (χ3n) is 1.95. The Kier molecular flexibility index (Phi) is 3.03. The van der Waals surface area contributed by atoms with Crippen molar-refractivity contribution in [3.8, 4) is 0 Å². The fourth-order valence-corrected chi connectivity index (χ4v) is 1.15. The fourth-order valence-electron chi connectivity index (χ4n) is 1.15. The van der Waals surface area contributed by atoms with Crippen LogP contribution in [-0.2, 0) is 11.8 Å². The van der Waals surface area contributed by atoms with Gasteiger partial charge in [-0.3, -0.25) is 14.8 Å². The minimum Gasteiger partial charge on any atom is -0.461 e. The van der Waals surface area contributed by atoms with Crippen LogP contribution in [0.1, 0.15) is 23.1 Å². The van der Waals surface area contributed by atoms with Crippen molar-refractivity contribution in [2.75, 3.05) is 6.61 Å². The van der Waals surface area contributed by atoms with Gasteiger partial charge >= 0.3 is 11.7 Å². The van der Waals surface area contributed by atoms with Gasteiger partial charge < -0.3 is 4.74 Å². The van der Waals surface area contributed by atoms with E-state index in [2.05, 4.69) is 9.84 Å². The van der Waals surface area contributed by atoms with Gasteiger partial charge in [0.1, 0.15) is 5.69 Å². The summed E-state index contributed by atoms with van der Waals surface area (Å²) in [4.78, 5) is 21.4. The van der Waals surface area contributed by atoms with Crippen molar-refractivity contribution in [3.63, 3.8) is 0 Å². The molecule has 82 valence electrons. The van der Waals surface area contributed by atoms with Crippen molar-refractivity contribution in [2.24, 2.45) is 7.05 Å². The normalized spacial score (nSPS) is 10.1. The molecule has 0 fully saturated rings. The molecule has 0 aliphatic carbocycles. The first-order chi connectivity index (χ1) is 6.99. The van der Waals surface area contributed by atoms with Crippen molar-refractivity contribution in [3.05, 3.63) is 21.5 Å². The van der Waals surface area contributed by atoms with E-state index in [0.29, 0.717) is 5.69 Å². The molecule has 0 aliphatic rings. The Morgan fingerprint density at radius 3 is 2.73 bits per heavy atom. The van der Waals surface area contributed by atoms with Crippen LogP contribution in [0.15, 0.2) is 0 Å². The predicted molar refractivity (Wildman–Crippen MR) is 50.6 cm³/mol. The Bertz CT molecular complexity index is 410. The maximum absolute atomic E-state index is 11.3. The van der Waals surface area contributed by atoms with Gasteiger partial charge in [0.2, 0.25) is 5.69 Å². The molecule has 15 heavy (non-hydrogen) atoms. The molecular formula is C8H11N3O4. The van der Waals surface area contributed by atoms with Crippen LogP contribution in [-0.4, -0.2) is 27.3 Å². The van der Waals surface area contributed by atoms with Crippen LogP contribution in [0.2, 0.25) is 0 Å². The van der Waals surface area contributed by atoms with Crippen LogP contribution in [0.4, 0.5) is 5.69 Å². The summed E-state index contributed by atoms with van der Waals surface area (Å²) in [5.74, 6) is -0.770. The Labute approximate surface area is 85.8 Å². The highest BCUT2D eigenvalue weighted by molar-refractivity contribution is 5.92. The Morgan fingerprint density at radius 2 is 2.27 bits per heavy atom. The van der Waals surface area contributed by atoms with E-state index in [9.17, 15) is 14.9 Å². The summed E-state index contributed by atoms with van der Waals surface area (Å²) in [5, 5.41) is 14.5. The lowest BCUT2D eigenvalue weighted by molar-refractivity contribution is -0.385. The molecule has 0 aliphatic heterocycles. The SMILES string of the molecule is CCOC(=O)c1nn(C)c(C)c1[N+](=O)[O-]. The zero-order valence-corrected chi connectivity index (χ0v) is 8.68. The van der Waals surface area contributed by atoms with Crippen molar-refractivity contribution >= 4 is 11.7 Å². The number of carbonyl (C=O) groups excluding carboxylic acids is 1. The first-order valence-electron chi connectivity index (χ1n) is 4.34. The molecule has 7 nitrogen and oxygen atoms in total. The smallest absolute Gasteiger partial charge is 0.366 e. The number of hydrogen-bond acceptors (Lipinski definition) is 5. The van der Waals surface area contributed by atoms with Gasteiger partial charge in [-0.2, -0.15) is 5.10 Å². The molecule has 1 heterocycles. The lowest BCUT2D eigenvalue weighted by atomic mass is 10.3. The fraction of sp³-hybridized carbons (Fsp3) is 0.500. The lowest BCUT2D eigenvalue weighted by Crippen LogP contribution is -2.08. The van der Waals surface area contributed by atoms with Crippen LogP contribution in [0, 0.1) is 17.0 Å². The molecule has 0 aromatic carbocycles. The van der Waals surface area contributed by atoms with E-state index in [1.54, 1.807) is 6.92 Å². The topological polar surface area (TPSA) is 87.3 Å². The van der Waals surface area contributed by atoms with Gasteiger partial charge in [-0.15, -0.1) is 0 Å². The van der Waals surface area contributed by atoms with E-state index in [1.807, 2.05) is 0 Å². The van der Waals surface area contributed by atoms with Gasteiger partial charge in [0, 0.05) is 7.05 Å². The molecule has 0 bridgehead atoms. The number of esters is 1. The maximum Gasteiger partial charge on any atom is 0.366 e. The van der Waals surface area contributed by atoms with Crippen LogP contribution in [0.3, 0.4) is 0 Å². The highest BCUT2D eigenvalue weighted by atomic mass is 16.6. The van der Waals surface area contributed by atoms with Crippen molar-refractivity contribution < 1.29 is 14.5 Å². The third-order valence-corrected chi connectivity index (χ3v) is 1.95. The Morgan fingerprint density at radius 1 is 1.67 bits per heavy atom. The number of carbonyl (C=O) groups is 1. The molecule has 0 amide bonds.